The van der Waals surface area contributed by atoms with Crippen LogP contribution in [0.3, 0.4) is 0 Å². The highest BCUT2D eigenvalue weighted by atomic mass is 16.5. The summed E-state index contributed by atoms with van der Waals surface area (Å²) < 4.78 is 10.2. The number of para-hydroxylation sites is 1. The molecule has 0 N–H and O–H groups in total. The number of hydrogen-bond donors (Lipinski definition) is 0. The van der Waals surface area contributed by atoms with Crippen molar-refractivity contribution in [1.29, 1.82) is 0 Å². The first-order valence-corrected chi connectivity index (χ1v) is 7.08. The number of ether oxygens (including phenoxy) is 2. The van der Waals surface area contributed by atoms with Crippen LogP contribution in [0, 0.1) is 0 Å². The molecule has 0 spiro atoms. The monoisotopic (exact) mass is 306 g/mol. The van der Waals surface area contributed by atoms with Gasteiger partial charge in [0.1, 0.15) is 5.75 Å². The first kappa shape index (κ1) is 14.8. The zero-order chi connectivity index (χ0) is 16.2. The summed E-state index contributed by atoms with van der Waals surface area (Å²) >= 11 is 0. The van der Waals surface area contributed by atoms with Crippen LogP contribution in [0.1, 0.15) is 20.7 Å². The van der Waals surface area contributed by atoms with Gasteiger partial charge in [0.05, 0.1) is 18.2 Å². The van der Waals surface area contributed by atoms with Crippen molar-refractivity contribution in [3.63, 3.8) is 0 Å². The van der Waals surface area contributed by atoms with E-state index in [0.717, 1.165) is 0 Å². The molecule has 0 fully saturated rings. The van der Waals surface area contributed by atoms with E-state index in [1.807, 2.05) is 12.1 Å². The smallest absolute Gasteiger partial charge is 0.344 e. The fraction of sp³-hybridized carbons (Fsp3) is 0.0526. The normalized spacial score (nSPS) is 10.3. The maximum absolute atomic E-state index is 12.4. The summed E-state index contributed by atoms with van der Waals surface area (Å²) in [6, 6.07) is 19.2. The Balaban J connectivity index is 2.05. The zero-order valence-corrected chi connectivity index (χ0v) is 12.5. The molecule has 0 unspecified atom stereocenters. The molecule has 0 aliphatic carbocycles. The van der Waals surface area contributed by atoms with Crippen LogP contribution in [-0.4, -0.2) is 19.0 Å². The van der Waals surface area contributed by atoms with Gasteiger partial charge in [0.25, 0.3) is 0 Å². The molecule has 0 bridgehead atoms. The summed E-state index contributed by atoms with van der Waals surface area (Å²) in [5.41, 5.74) is 0.816. The van der Waals surface area contributed by atoms with E-state index < -0.39 is 11.9 Å². The molecule has 0 saturated carbocycles. The summed E-state index contributed by atoms with van der Waals surface area (Å²) in [7, 11) is 1.33. The van der Waals surface area contributed by atoms with Crippen LogP contribution < -0.4 is 4.74 Å². The molecular formula is C19H14O4. The van der Waals surface area contributed by atoms with Crippen molar-refractivity contribution in [3.8, 4) is 5.75 Å². The van der Waals surface area contributed by atoms with Crippen LogP contribution >= 0.6 is 0 Å². The number of methoxy groups -OCH3 is 1. The van der Waals surface area contributed by atoms with Gasteiger partial charge in [0.2, 0.25) is 0 Å². The van der Waals surface area contributed by atoms with Crippen molar-refractivity contribution in [2.75, 3.05) is 7.11 Å². The molecule has 0 aliphatic rings. The average molecular weight is 306 g/mol. The third-order valence-corrected chi connectivity index (χ3v) is 3.50. The van der Waals surface area contributed by atoms with Crippen LogP contribution in [0.4, 0.5) is 0 Å². The van der Waals surface area contributed by atoms with E-state index >= 15 is 0 Å². The number of hydrogen-bond acceptors (Lipinski definition) is 4. The number of fused-ring (bicyclic) bond motifs is 1. The molecule has 114 valence electrons. The maximum atomic E-state index is 12.4. The number of carbonyl (C=O) groups excluding carboxylic acids is 2. The predicted molar refractivity (Wildman–Crippen MR) is 86.7 cm³/mol. The van der Waals surface area contributed by atoms with E-state index in [1.165, 1.54) is 7.11 Å². The molecule has 0 saturated heterocycles. The Morgan fingerprint density at radius 2 is 1.22 bits per heavy atom. The van der Waals surface area contributed by atoms with Gasteiger partial charge in [-0.1, -0.05) is 42.5 Å². The van der Waals surface area contributed by atoms with Crippen molar-refractivity contribution in [1.82, 2.24) is 0 Å². The van der Waals surface area contributed by atoms with Gasteiger partial charge in [-0.2, -0.15) is 0 Å². The highest BCUT2D eigenvalue weighted by Crippen LogP contribution is 2.25. The van der Waals surface area contributed by atoms with Crippen LogP contribution in [0.2, 0.25) is 0 Å². The molecule has 4 heteroatoms. The highest BCUT2D eigenvalue weighted by Gasteiger charge is 2.17. The molecule has 0 atom stereocenters. The van der Waals surface area contributed by atoms with E-state index in [4.69, 9.17) is 9.47 Å². The second-order valence-electron chi connectivity index (χ2n) is 4.90. The Morgan fingerprint density at radius 1 is 0.696 bits per heavy atom. The molecule has 0 aliphatic heterocycles. The standard InChI is InChI=1S/C19H14O4/c1-22-18(20)16-11-12-17(15-10-6-5-9-14(15)16)19(21)23-13-7-3-2-4-8-13/h2-12H,1H3. The molecule has 0 radical (unpaired) electrons. The fourth-order valence-corrected chi connectivity index (χ4v) is 2.42. The highest BCUT2D eigenvalue weighted by molar-refractivity contribution is 6.12. The second-order valence-corrected chi connectivity index (χ2v) is 4.90. The molecular weight excluding hydrogens is 292 g/mol. The Hall–Kier alpha value is -3.14. The van der Waals surface area contributed by atoms with Gasteiger partial charge in [0, 0.05) is 0 Å². The molecule has 23 heavy (non-hydrogen) atoms. The summed E-state index contributed by atoms with van der Waals surface area (Å²) in [4.78, 5) is 24.3. The minimum absolute atomic E-state index is 0.400. The summed E-state index contributed by atoms with van der Waals surface area (Å²) in [6.45, 7) is 0. The molecule has 3 rings (SSSR count). The van der Waals surface area contributed by atoms with Gasteiger partial charge >= 0.3 is 11.9 Å². The SMILES string of the molecule is COC(=O)c1ccc(C(=O)Oc2ccccc2)c2ccccc12. The van der Waals surface area contributed by atoms with Gasteiger partial charge in [-0.25, -0.2) is 9.59 Å². The van der Waals surface area contributed by atoms with Crippen molar-refractivity contribution >= 4 is 22.7 Å². The lowest BCUT2D eigenvalue weighted by molar-refractivity contribution is 0.0601. The topological polar surface area (TPSA) is 52.6 Å². The summed E-state index contributed by atoms with van der Waals surface area (Å²) in [6.07, 6.45) is 0. The van der Waals surface area contributed by atoms with Crippen LogP contribution in [0.25, 0.3) is 10.8 Å². The minimum atomic E-state index is -0.469. The molecule has 4 nitrogen and oxygen atoms in total. The van der Waals surface area contributed by atoms with Crippen molar-refractivity contribution < 1.29 is 19.1 Å². The van der Waals surface area contributed by atoms with Gasteiger partial charge < -0.3 is 9.47 Å². The summed E-state index contributed by atoms with van der Waals surface area (Å²) in [5.74, 6) is -0.438. The molecule has 0 aromatic heterocycles. The van der Waals surface area contributed by atoms with E-state index in [0.29, 0.717) is 27.6 Å². The number of carbonyl (C=O) groups is 2. The Bertz CT molecular complexity index is 869. The van der Waals surface area contributed by atoms with Gasteiger partial charge in [0.15, 0.2) is 0 Å². The van der Waals surface area contributed by atoms with Crippen LogP contribution in [0.5, 0.6) is 5.75 Å². The number of rotatable bonds is 3. The quantitative estimate of drug-likeness (QED) is 0.545. The lowest BCUT2D eigenvalue weighted by atomic mass is 9.99. The van der Waals surface area contributed by atoms with E-state index in [9.17, 15) is 9.59 Å². The first-order valence-electron chi connectivity index (χ1n) is 7.08. The van der Waals surface area contributed by atoms with Crippen molar-refractivity contribution in [2.45, 2.75) is 0 Å². The van der Waals surface area contributed by atoms with E-state index in [2.05, 4.69) is 0 Å². The minimum Gasteiger partial charge on any atom is -0.465 e. The Kier molecular flexibility index (Phi) is 4.06. The zero-order valence-electron chi connectivity index (χ0n) is 12.5. The average Bonchev–Trinajstić information content (AvgIpc) is 2.61. The number of benzene rings is 3. The van der Waals surface area contributed by atoms with Crippen LogP contribution in [0.15, 0.2) is 66.7 Å². The lowest BCUT2D eigenvalue weighted by Gasteiger charge is -2.10. The molecule has 0 amide bonds. The fourth-order valence-electron chi connectivity index (χ4n) is 2.42. The maximum Gasteiger partial charge on any atom is 0.344 e. The second kappa shape index (κ2) is 6.32. The largest absolute Gasteiger partial charge is 0.465 e. The number of esters is 2. The third kappa shape index (κ3) is 2.92. The van der Waals surface area contributed by atoms with Crippen molar-refractivity contribution in [3.05, 3.63) is 77.9 Å². The molecule has 3 aromatic rings. The van der Waals surface area contributed by atoms with Crippen molar-refractivity contribution in [2.24, 2.45) is 0 Å². The first-order chi connectivity index (χ1) is 11.2. The Morgan fingerprint density at radius 3 is 1.78 bits per heavy atom. The molecule has 0 heterocycles. The van der Waals surface area contributed by atoms with E-state index in [-0.39, 0.29) is 0 Å². The van der Waals surface area contributed by atoms with Gasteiger partial charge in [-0.15, -0.1) is 0 Å². The Labute approximate surface area is 133 Å². The van der Waals surface area contributed by atoms with Gasteiger partial charge in [-0.05, 0) is 35.0 Å². The van der Waals surface area contributed by atoms with Crippen LogP contribution in [-0.2, 0) is 4.74 Å². The summed E-state index contributed by atoms with van der Waals surface area (Å²) in [5, 5.41) is 1.30. The predicted octanol–water partition coefficient (Wildman–Crippen LogP) is 3.85. The lowest BCUT2D eigenvalue weighted by Crippen LogP contribution is -2.10. The third-order valence-electron chi connectivity index (χ3n) is 3.50. The molecule has 3 aromatic carbocycles. The van der Waals surface area contributed by atoms with Gasteiger partial charge in [-0.3, -0.25) is 0 Å². The van der Waals surface area contributed by atoms with E-state index in [1.54, 1.807) is 54.6 Å².